The number of carbonyl (C=O) groups excluding carboxylic acids is 1. The predicted octanol–water partition coefficient (Wildman–Crippen LogP) is 4.26. The van der Waals surface area contributed by atoms with Gasteiger partial charge in [-0.15, -0.1) is 0 Å². The van der Waals surface area contributed by atoms with E-state index < -0.39 is 5.60 Å². The summed E-state index contributed by atoms with van der Waals surface area (Å²) in [5, 5.41) is 1.14. The van der Waals surface area contributed by atoms with Gasteiger partial charge in [-0.3, -0.25) is 4.98 Å². The summed E-state index contributed by atoms with van der Waals surface area (Å²) in [6.45, 7) is 6.91. The molecule has 0 spiro atoms. The maximum atomic E-state index is 12.1. The Labute approximate surface area is 136 Å². The summed E-state index contributed by atoms with van der Waals surface area (Å²) in [5.41, 5.74) is 2.97. The van der Waals surface area contributed by atoms with E-state index in [-0.39, 0.29) is 6.09 Å². The highest BCUT2D eigenvalue weighted by Gasteiger charge is 2.24. The Morgan fingerprint density at radius 3 is 2.70 bits per heavy atom. The van der Waals surface area contributed by atoms with Gasteiger partial charge in [-0.1, -0.05) is 30.3 Å². The minimum absolute atomic E-state index is 0.246. The predicted molar refractivity (Wildman–Crippen MR) is 92.1 cm³/mol. The maximum Gasteiger partial charge on any atom is 0.410 e. The molecule has 0 radical (unpaired) electrons. The lowest BCUT2D eigenvalue weighted by Crippen LogP contribution is -2.39. The summed E-state index contributed by atoms with van der Waals surface area (Å²) in [6.07, 6.45) is 4.50. The molecular weight excluding hydrogens is 288 g/mol. The zero-order valence-corrected chi connectivity index (χ0v) is 13.9. The van der Waals surface area contributed by atoms with Crippen molar-refractivity contribution in [2.75, 3.05) is 13.1 Å². The fourth-order valence-electron chi connectivity index (χ4n) is 2.77. The Balaban J connectivity index is 1.80. The van der Waals surface area contributed by atoms with Gasteiger partial charge >= 0.3 is 6.09 Å². The second-order valence-electron chi connectivity index (χ2n) is 6.79. The Morgan fingerprint density at radius 1 is 1.22 bits per heavy atom. The first-order valence-corrected chi connectivity index (χ1v) is 7.95. The van der Waals surface area contributed by atoms with Crippen molar-refractivity contribution in [3.8, 4) is 0 Å². The van der Waals surface area contributed by atoms with E-state index in [1.165, 1.54) is 5.57 Å². The molecule has 0 saturated heterocycles. The van der Waals surface area contributed by atoms with Gasteiger partial charge in [-0.2, -0.15) is 0 Å². The van der Waals surface area contributed by atoms with E-state index >= 15 is 0 Å². The van der Waals surface area contributed by atoms with Gasteiger partial charge in [-0.25, -0.2) is 4.79 Å². The van der Waals surface area contributed by atoms with Crippen LogP contribution in [0.1, 0.15) is 32.8 Å². The Bertz CT molecular complexity index is 754. The molecule has 1 aromatic carbocycles. The number of rotatable bonds is 1. The quantitative estimate of drug-likeness (QED) is 0.790. The Kier molecular flexibility index (Phi) is 4.07. The van der Waals surface area contributed by atoms with Gasteiger partial charge in [0, 0.05) is 30.2 Å². The molecule has 1 aliphatic rings. The number of hydrogen-bond acceptors (Lipinski definition) is 3. The molecule has 0 N–H and O–H groups in total. The number of aromatic nitrogens is 1. The molecule has 1 aromatic heterocycles. The van der Waals surface area contributed by atoms with Crippen molar-refractivity contribution in [1.82, 2.24) is 9.88 Å². The molecule has 2 aromatic rings. The highest BCUT2D eigenvalue weighted by molar-refractivity contribution is 5.91. The molecule has 120 valence electrons. The van der Waals surface area contributed by atoms with E-state index in [0.29, 0.717) is 13.1 Å². The van der Waals surface area contributed by atoms with Crippen molar-refractivity contribution in [2.45, 2.75) is 32.8 Å². The highest BCUT2D eigenvalue weighted by Crippen LogP contribution is 2.28. The first kappa shape index (κ1) is 15.5. The van der Waals surface area contributed by atoms with Gasteiger partial charge in [-0.05, 0) is 38.8 Å². The molecule has 0 fully saturated rings. The van der Waals surface area contributed by atoms with E-state index in [4.69, 9.17) is 4.74 Å². The third-order valence-electron chi connectivity index (χ3n) is 3.84. The van der Waals surface area contributed by atoms with E-state index in [1.807, 2.05) is 33.0 Å². The maximum absolute atomic E-state index is 12.1. The van der Waals surface area contributed by atoms with Crippen LogP contribution in [-0.2, 0) is 4.74 Å². The topological polar surface area (TPSA) is 42.4 Å². The number of ether oxygens (including phenoxy) is 1. The highest BCUT2D eigenvalue weighted by atomic mass is 16.6. The number of benzene rings is 1. The van der Waals surface area contributed by atoms with E-state index in [1.54, 1.807) is 4.90 Å². The lowest BCUT2D eigenvalue weighted by molar-refractivity contribution is 0.0270. The van der Waals surface area contributed by atoms with Crippen LogP contribution in [0.5, 0.6) is 0 Å². The summed E-state index contributed by atoms with van der Waals surface area (Å²) >= 11 is 0. The number of nitrogens with zero attached hydrogens (tertiary/aromatic N) is 2. The number of fused-ring (bicyclic) bond motifs is 1. The molecule has 0 saturated carbocycles. The standard InChI is InChI=1S/C19H22N2O2/c1-19(2,3)23-18(22)21-12-9-14(10-13-21)16-8-4-6-15-7-5-11-20-17(15)16/h4-9,11H,10,12-13H2,1-3H3. The van der Waals surface area contributed by atoms with Gasteiger partial charge in [0.2, 0.25) is 0 Å². The van der Waals surface area contributed by atoms with Crippen LogP contribution in [0, 0.1) is 0 Å². The number of carbonyl (C=O) groups is 1. The smallest absolute Gasteiger partial charge is 0.410 e. The van der Waals surface area contributed by atoms with Gasteiger partial charge in [0.05, 0.1) is 5.52 Å². The summed E-state index contributed by atoms with van der Waals surface area (Å²) in [4.78, 5) is 18.4. The molecule has 3 rings (SSSR count). The van der Waals surface area contributed by atoms with E-state index in [2.05, 4.69) is 35.3 Å². The fraction of sp³-hybridized carbons (Fsp3) is 0.368. The molecule has 0 bridgehead atoms. The third-order valence-corrected chi connectivity index (χ3v) is 3.84. The van der Waals surface area contributed by atoms with Crippen molar-refractivity contribution in [2.24, 2.45) is 0 Å². The zero-order valence-electron chi connectivity index (χ0n) is 13.9. The number of hydrogen-bond donors (Lipinski definition) is 0. The fourth-order valence-corrected chi connectivity index (χ4v) is 2.77. The minimum atomic E-state index is -0.458. The van der Waals surface area contributed by atoms with Crippen LogP contribution in [-0.4, -0.2) is 34.7 Å². The van der Waals surface area contributed by atoms with Crippen molar-refractivity contribution in [3.63, 3.8) is 0 Å². The molecule has 2 heterocycles. The lowest BCUT2D eigenvalue weighted by atomic mass is 9.97. The van der Waals surface area contributed by atoms with Gasteiger partial charge in [0.15, 0.2) is 0 Å². The molecule has 4 heteroatoms. The average molecular weight is 310 g/mol. The normalized spacial score (nSPS) is 15.4. The van der Waals surface area contributed by atoms with Crippen LogP contribution in [0.2, 0.25) is 0 Å². The van der Waals surface area contributed by atoms with E-state index in [0.717, 1.165) is 22.9 Å². The monoisotopic (exact) mass is 310 g/mol. The van der Waals surface area contributed by atoms with Crippen molar-refractivity contribution < 1.29 is 9.53 Å². The molecule has 0 unspecified atom stereocenters. The van der Waals surface area contributed by atoms with Crippen LogP contribution in [0.15, 0.2) is 42.6 Å². The number of amides is 1. The molecule has 1 amide bonds. The molecule has 1 aliphatic heterocycles. The SMILES string of the molecule is CC(C)(C)OC(=O)N1CC=C(c2cccc3cccnc23)CC1. The average Bonchev–Trinajstić information content (AvgIpc) is 2.53. The summed E-state index contributed by atoms with van der Waals surface area (Å²) in [5.74, 6) is 0. The lowest BCUT2D eigenvalue weighted by Gasteiger charge is -2.29. The van der Waals surface area contributed by atoms with Crippen LogP contribution >= 0.6 is 0 Å². The molecule has 4 nitrogen and oxygen atoms in total. The van der Waals surface area contributed by atoms with Crippen LogP contribution in [0.25, 0.3) is 16.5 Å². The van der Waals surface area contributed by atoms with Gasteiger partial charge < -0.3 is 9.64 Å². The molecule has 23 heavy (non-hydrogen) atoms. The van der Waals surface area contributed by atoms with E-state index in [9.17, 15) is 4.79 Å². The number of para-hydroxylation sites is 1. The number of pyridine rings is 1. The van der Waals surface area contributed by atoms with Crippen molar-refractivity contribution in [3.05, 3.63) is 48.2 Å². The summed E-state index contributed by atoms with van der Waals surface area (Å²) in [6, 6.07) is 10.3. The Morgan fingerprint density at radius 2 is 2.00 bits per heavy atom. The first-order chi connectivity index (χ1) is 10.9. The van der Waals surface area contributed by atoms with Crippen molar-refractivity contribution in [1.29, 1.82) is 0 Å². The zero-order chi connectivity index (χ0) is 16.4. The van der Waals surface area contributed by atoms with Crippen LogP contribution in [0.3, 0.4) is 0 Å². The molecule has 0 atom stereocenters. The minimum Gasteiger partial charge on any atom is -0.444 e. The summed E-state index contributed by atoms with van der Waals surface area (Å²) < 4.78 is 5.43. The summed E-state index contributed by atoms with van der Waals surface area (Å²) in [7, 11) is 0. The third kappa shape index (κ3) is 3.52. The second-order valence-corrected chi connectivity index (χ2v) is 6.79. The first-order valence-electron chi connectivity index (χ1n) is 7.95. The van der Waals surface area contributed by atoms with Crippen LogP contribution < -0.4 is 0 Å². The largest absolute Gasteiger partial charge is 0.444 e. The Hall–Kier alpha value is -2.36. The second kappa shape index (κ2) is 6.03. The van der Waals surface area contributed by atoms with Crippen molar-refractivity contribution >= 4 is 22.6 Å². The molecular formula is C19H22N2O2. The van der Waals surface area contributed by atoms with Gasteiger partial charge in [0.1, 0.15) is 5.60 Å². The van der Waals surface area contributed by atoms with Crippen LogP contribution in [0.4, 0.5) is 4.79 Å². The van der Waals surface area contributed by atoms with Gasteiger partial charge in [0.25, 0.3) is 0 Å². The molecule has 0 aliphatic carbocycles.